The van der Waals surface area contributed by atoms with Crippen LogP contribution in [0.25, 0.3) is 10.8 Å². The topological polar surface area (TPSA) is 146 Å². The van der Waals surface area contributed by atoms with Crippen LogP contribution < -0.4 is 22.1 Å². The highest BCUT2D eigenvalue weighted by Gasteiger charge is 2.37. The molecule has 1 aliphatic heterocycles. The number of aliphatic imine (C=N–C) groups is 1. The molecule has 1 saturated heterocycles. The number of nitrogens with one attached hydrogen (secondary N) is 2. The van der Waals surface area contributed by atoms with E-state index in [0.717, 1.165) is 21.9 Å². The molecule has 0 aromatic heterocycles. The second kappa shape index (κ2) is 14.1. The van der Waals surface area contributed by atoms with Crippen LogP contribution in [0, 0.1) is 0 Å². The highest BCUT2D eigenvalue weighted by molar-refractivity contribution is 5.98. The van der Waals surface area contributed by atoms with Gasteiger partial charge >= 0.3 is 0 Å². The van der Waals surface area contributed by atoms with Crippen molar-refractivity contribution in [2.75, 3.05) is 19.6 Å². The average molecular weight is 593 g/mol. The molecule has 3 atom stereocenters. The maximum Gasteiger partial charge on any atom is 0.251 e. The summed E-state index contributed by atoms with van der Waals surface area (Å²) >= 11 is 0. The fraction of sp³-hybridized carbons (Fsp3) is 0.286. The second-order valence-corrected chi connectivity index (χ2v) is 11.3. The molecule has 0 radical (unpaired) electrons. The van der Waals surface area contributed by atoms with Crippen LogP contribution in [0.2, 0.25) is 0 Å². The van der Waals surface area contributed by atoms with Crippen molar-refractivity contribution < 1.29 is 14.7 Å². The van der Waals surface area contributed by atoms with Crippen molar-refractivity contribution in [1.82, 2.24) is 15.5 Å². The Labute approximate surface area is 258 Å². The number of phenolic OH excluding ortho intramolecular Hbond substituents is 1. The first-order valence-corrected chi connectivity index (χ1v) is 15.1. The molecule has 9 nitrogen and oxygen atoms in total. The number of carbonyl (C=O) groups excluding carboxylic acids is 2. The molecule has 9 heteroatoms. The first-order chi connectivity index (χ1) is 21.3. The molecular formula is C35H40N6O3. The second-order valence-electron chi connectivity index (χ2n) is 11.3. The quantitative estimate of drug-likeness (QED) is 0.140. The van der Waals surface area contributed by atoms with Gasteiger partial charge in [-0.05, 0) is 59.0 Å². The summed E-state index contributed by atoms with van der Waals surface area (Å²) in [7, 11) is 0. The number of hydrogen-bond donors (Lipinski definition) is 5. The fourth-order valence-electron chi connectivity index (χ4n) is 5.92. The van der Waals surface area contributed by atoms with Gasteiger partial charge in [0, 0.05) is 37.2 Å². The van der Waals surface area contributed by atoms with Gasteiger partial charge < -0.3 is 26.8 Å². The van der Waals surface area contributed by atoms with E-state index in [1.54, 1.807) is 30.3 Å². The molecule has 0 aliphatic carbocycles. The zero-order valence-electron chi connectivity index (χ0n) is 24.9. The zero-order valence-corrected chi connectivity index (χ0v) is 24.9. The highest BCUT2D eigenvalue weighted by Crippen LogP contribution is 2.27. The molecule has 1 aliphatic rings. The number of hydrogen-bond acceptors (Lipinski definition) is 5. The number of guanidine groups is 1. The molecule has 1 heterocycles. The van der Waals surface area contributed by atoms with Crippen LogP contribution in [-0.4, -0.2) is 65.5 Å². The van der Waals surface area contributed by atoms with Crippen molar-refractivity contribution in [3.63, 3.8) is 0 Å². The maximum absolute atomic E-state index is 14.2. The maximum atomic E-state index is 14.2. The SMILES string of the molecule is CCC(N=C(N)N)[C@@H]1N[C@H](CNC(=O)c2ccc3cc(O)ccc3c2)CCN(CC(c2ccccc2)c2ccccc2)C1=O. The van der Waals surface area contributed by atoms with Crippen LogP contribution in [0.15, 0.2) is 102 Å². The Kier molecular flexibility index (Phi) is 9.76. The van der Waals surface area contributed by atoms with Gasteiger partial charge in [0.15, 0.2) is 5.96 Å². The van der Waals surface area contributed by atoms with E-state index in [2.05, 4.69) is 39.9 Å². The predicted octanol–water partition coefficient (Wildman–Crippen LogP) is 3.72. The van der Waals surface area contributed by atoms with Crippen LogP contribution in [0.4, 0.5) is 0 Å². The molecule has 4 aromatic carbocycles. The van der Waals surface area contributed by atoms with Gasteiger partial charge in [-0.15, -0.1) is 0 Å². The minimum atomic E-state index is -0.660. The van der Waals surface area contributed by atoms with Crippen molar-refractivity contribution in [3.05, 3.63) is 114 Å². The Bertz CT molecular complexity index is 1570. The fourth-order valence-corrected chi connectivity index (χ4v) is 5.92. The van der Waals surface area contributed by atoms with Crippen molar-refractivity contribution in [2.45, 2.75) is 43.8 Å². The number of amides is 2. The molecule has 44 heavy (non-hydrogen) atoms. The molecule has 0 spiro atoms. The van der Waals surface area contributed by atoms with E-state index in [0.29, 0.717) is 38.0 Å². The summed E-state index contributed by atoms with van der Waals surface area (Å²) in [6.07, 6.45) is 1.19. The Morgan fingerprint density at radius 3 is 2.25 bits per heavy atom. The Morgan fingerprint density at radius 1 is 0.977 bits per heavy atom. The molecule has 1 fully saturated rings. The minimum Gasteiger partial charge on any atom is -0.508 e. The van der Waals surface area contributed by atoms with Crippen LogP contribution in [0.3, 0.4) is 0 Å². The van der Waals surface area contributed by atoms with E-state index in [4.69, 9.17) is 11.5 Å². The van der Waals surface area contributed by atoms with E-state index in [9.17, 15) is 14.7 Å². The third kappa shape index (κ3) is 7.36. The van der Waals surface area contributed by atoms with Crippen LogP contribution in [-0.2, 0) is 4.79 Å². The lowest BCUT2D eigenvalue weighted by Gasteiger charge is -2.31. The Balaban J connectivity index is 1.37. The smallest absolute Gasteiger partial charge is 0.251 e. The van der Waals surface area contributed by atoms with Gasteiger partial charge in [-0.2, -0.15) is 0 Å². The number of phenols is 1. The van der Waals surface area contributed by atoms with Gasteiger partial charge in [-0.1, -0.05) is 79.7 Å². The molecule has 228 valence electrons. The number of nitrogens with two attached hydrogens (primary N) is 2. The van der Waals surface area contributed by atoms with Crippen molar-refractivity contribution >= 4 is 28.5 Å². The van der Waals surface area contributed by atoms with Crippen molar-refractivity contribution in [2.24, 2.45) is 16.5 Å². The summed E-state index contributed by atoms with van der Waals surface area (Å²) in [5.41, 5.74) is 14.3. The van der Waals surface area contributed by atoms with Crippen LogP contribution in [0.1, 0.15) is 47.2 Å². The molecule has 2 amide bonds. The Hall–Kier alpha value is -4.89. The molecule has 4 aromatic rings. The summed E-state index contributed by atoms with van der Waals surface area (Å²) in [4.78, 5) is 33.7. The zero-order chi connectivity index (χ0) is 31.1. The first-order valence-electron chi connectivity index (χ1n) is 15.1. The van der Waals surface area contributed by atoms with Crippen molar-refractivity contribution in [1.29, 1.82) is 0 Å². The van der Waals surface area contributed by atoms with Gasteiger partial charge in [0.2, 0.25) is 5.91 Å². The van der Waals surface area contributed by atoms with Gasteiger partial charge in [0.1, 0.15) is 11.8 Å². The number of carbonyl (C=O) groups is 2. The standard InChI is InChI=1S/C35H40N6O3/c1-2-31(40-35(36)37)32-34(44)41(22-30(23-9-5-3-6-10-23)24-11-7-4-8-12-24)18-17-28(39-32)21-38-33(43)27-14-13-26-20-29(42)16-15-25(26)19-27/h3-16,19-20,28,30-32,39,42H,2,17-18,21-22H2,1H3,(H,38,43)(H4,36,37,40)/t28-,31?,32-/m0/s1. The third-order valence-corrected chi connectivity index (χ3v) is 8.26. The summed E-state index contributed by atoms with van der Waals surface area (Å²) in [5.74, 6) is -0.183. The van der Waals surface area contributed by atoms with E-state index in [1.165, 1.54) is 0 Å². The average Bonchev–Trinajstić information content (AvgIpc) is 3.19. The summed E-state index contributed by atoms with van der Waals surface area (Å²) in [6.45, 7) is 3.28. The van der Waals surface area contributed by atoms with Gasteiger partial charge in [0.25, 0.3) is 5.91 Å². The molecule has 7 N–H and O–H groups in total. The van der Waals surface area contributed by atoms with E-state index < -0.39 is 12.1 Å². The normalized spacial score (nSPS) is 17.7. The van der Waals surface area contributed by atoms with Gasteiger partial charge in [-0.25, -0.2) is 4.99 Å². The van der Waals surface area contributed by atoms with Crippen molar-refractivity contribution in [3.8, 4) is 5.75 Å². The summed E-state index contributed by atoms with van der Waals surface area (Å²) in [6, 6.07) is 29.5. The lowest BCUT2D eigenvalue weighted by molar-refractivity contribution is -0.133. The molecule has 1 unspecified atom stereocenters. The number of benzene rings is 4. The van der Waals surface area contributed by atoms with Gasteiger partial charge in [-0.3, -0.25) is 14.9 Å². The molecule has 5 rings (SSSR count). The number of nitrogens with zero attached hydrogens (tertiary/aromatic N) is 2. The lowest BCUT2D eigenvalue weighted by Crippen LogP contribution is -2.54. The molecule has 0 bridgehead atoms. The number of rotatable bonds is 10. The molecular weight excluding hydrogens is 552 g/mol. The number of fused-ring (bicyclic) bond motifs is 1. The van der Waals surface area contributed by atoms with E-state index in [1.807, 2.05) is 54.3 Å². The largest absolute Gasteiger partial charge is 0.508 e. The van der Waals surface area contributed by atoms with Crippen LogP contribution >= 0.6 is 0 Å². The van der Waals surface area contributed by atoms with E-state index >= 15 is 0 Å². The first kappa shape index (κ1) is 30.6. The number of aromatic hydroxyl groups is 1. The summed E-state index contributed by atoms with van der Waals surface area (Å²) in [5, 5.41) is 18.0. The Morgan fingerprint density at radius 2 is 1.61 bits per heavy atom. The lowest BCUT2D eigenvalue weighted by atomic mass is 9.90. The summed E-state index contributed by atoms with van der Waals surface area (Å²) < 4.78 is 0. The predicted molar refractivity (Wildman–Crippen MR) is 174 cm³/mol. The van der Waals surface area contributed by atoms with Crippen LogP contribution in [0.5, 0.6) is 5.75 Å². The monoisotopic (exact) mass is 592 g/mol. The van der Waals surface area contributed by atoms with Gasteiger partial charge in [0.05, 0.1) is 6.04 Å². The van der Waals surface area contributed by atoms with E-state index in [-0.39, 0.29) is 35.5 Å². The third-order valence-electron chi connectivity index (χ3n) is 8.26. The minimum absolute atomic E-state index is 0.0174. The molecule has 0 saturated carbocycles. The highest BCUT2D eigenvalue weighted by atomic mass is 16.3.